The second kappa shape index (κ2) is 13.2. The van der Waals surface area contributed by atoms with Crippen LogP contribution in [-0.2, 0) is 10.0 Å². The van der Waals surface area contributed by atoms with E-state index in [1.807, 2.05) is 12.1 Å². The molecule has 5 aromatic carbocycles. The summed E-state index contributed by atoms with van der Waals surface area (Å²) in [6.07, 6.45) is -2.86. The molecule has 250 valence electrons. The molecule has 0 bridgehead atoms. The van der Waals surface area contributed by atoms with Gasteiger partial charge in [-0.15, -0.1) is 0 Å². The number of aromatic carboxylic acids is 1. The molecule has 0 saturated heterocycles. The number of hydrogen-bond donors (Lipinski definition) is 1. The average molecular weight is 703 g/mol. The van der Waals surface area contributed by atoms with Crippen molar-refractivity contribution in [3.63, 3.8) is 0 Å². The normalized spacial score (nSPS) is 11.2. The molecular formula is C38H21F3N4O5S. The number of carbonyl (C=O) groups is 1. The summed E-state index contributed by atoms with van der Waals surface area (Å²) in [7, 11) is -3.48. The SMILES string of the molecule is [C-]#[N+]c1cccc(C#N)c1-c1c(-c2cccc(-c3ccc(C(=O)O)c(OC)c3C#N)c2)n(S(=O)(=O)c2ccc(C(F)F)cc2)c2ccc(F)cc12. The summed E-state index contributed by atoms with van der Waals surface area (Å²) in [5, 5.41) is 30.0. The molecule has 0 aliphatic carbocycles. The Labute approximate surface area is 289 Å². The third-order valence-electron chi connectivity index (χ3n) is 8.24. The van der Waals surface area contributed by atoms with Crippen molar-refractivity contribution in [2.75, 3.05) is 7.11 Å². The minimum atomic E-state index is -4.69. The van der Waals surface area contributed by atoms with E-state index in [4.69, 9.17) is 11.3 Å². The molecule has 6 rings (SSSR count). The van der Waals surface area contributed by atoms with E-state index in [9.17, 15) is 37.6 Å². The molecule has 13 heteroatoms. The van der Waals surface area contributed by atoms with Gasteiger partial charge in [0.05, 0.1) is 35.9 Å². The molecule has 0 amide bonds. The molecule has 1 aromatic heterocycles. The summed E-state index contributed by atoms with van der Waals surface area (Å²) in [5.41, 5.74) is -0.198. The highest BCUT2D eigenvalue weighted by molar-refractivity contribution is 7.90. The van der Waals surface area contributed by atoms with Gasteiger partial charge in [0.15, 0.2) is 11.4 Å². The molecule has 0 saturated carbocycles. The van der Waals surface area contributed by atoms with Crippen LogP contribution in [0.2, 0.25) is 0 Å². The molecule has 0 fully saturated rings. The first-order valence-corrected chi connectivity index (χ1v) is 16.2. The van der Waals surface area contributed by atoms with Crippen molar-refractivity contribution in [3.05, 3.63) is 137 Å². The van der Waals surface area contributed by atoms with Gasteiger partial charge in [0.1, 0.15) is 23.0 Å². The first-order valence-electron chi connectivity index (χ1n) is 14.8. The van der Waals surface area contributed by atoms with Crippen LogP contribution >= 0.6 is 0 Å². The second-order valence-corrected chi connectivity index (χ2v) is 12.8. The molecule has 0 spiro atoms. The molecule has 6 aromatic rings. The third-order valence-corrected chi connectivity index (χ3v) is 9.97. The highest BCUT2D eigenvalue weighted by atomic mass is 32.2. The summed E-state index contributed by atoms with van der Waals surface area (Å²) >= 11 is 0. The van der Waals surface area contributed by atoms with Crippen molar-refractivity contribution >= 4 is 32.6 Å². The van der Waals surface area contributed by atoms with E-state index >= 15 is 4.39 Å². The fraction of sp³-hybridized carbons (Fsp3) is 0.0526. The molecule has 0 unspecified atom stereocenters. The van der Waals surface area contributed by atoms with Crippen molar-refractivity contribution in [2.45, 2.75) is 11.3 Å². The largest absolute Gasteiger partial charge is 0.494 e. The van der Waals surface area contributed by atoms with E-state index in [0.29, 0.717) is 5.56 Å². The van der Waals surface area contributed by atoms with E-state index in [1.54, 1.807) is 12.1 Å². The summed E-state index contributed by atoms with van der Waals surface area (Å²) in [5.74, 6) is -2.27. The highest BCUT2D eigenvalue weighted by Crippen LogP contribution is 2.48. The van der Waals surface area contributed by atoms with Crippen LogP contribution in [0.1, 0.15) is 33.5 Å². The monoisotopic (exact) mass is 702 g/mol. The number of fused-ring (bicyclic) bond motifs is 1. The zero-order valence-corrected chi connectivity index (χ0v) is 27.0. The van der Waals surface area contributed by atoms with Gasteiger partial charge < -0.3 is 9.84 Å². The average Bonchev–Trinajstić information content (AvgIpc) is 3.48. The zero-order valence-electron chi connectivity index (χ0n) is 26.2. The van der Waals surface area contributed by atoms with Gasteiger partial charge in [-0.3, -0.25) is 0 Å². The minimum Gasteiger partial charge on any atom is -0.494 e. The van der Waals surface area contributed by atoms with Crippen molar-refractivity contribution in [1.82, 2.24) is 3.97 Å². The van der Waals surface area contributed by atoms with Crippen molar-refractivity contribution in [1.29, 1.82) is 10.5 Å². The Hall–Kier alpha value is -6.88. The molecular weight excluding hydrogens is 682 g/mol. The van der Waals surface area contributed by atoms with Gasteiger partial charge >= 0.3 is 5.97 Å². The quantitative estimate of drug-likeness (QED) is 0.156. The molecule has 0 aliphatic rings. The molecule has 1 N–H and O–H groups in total. The molecule has 0 aliphatic heterocycles. The molecule has 9 nitrogen and oxygen atoms in total. The number of rotatable bonds is 8. The Kier molecular flexibility index (Phi) is 8.80. The fourth-order valence-corrected chi connectivity index (χ4v) is 7.57. The Morgan fingerprint density at radius 2 is 1.63 bits per heavy atom. The lowest BCUT2D eigenvalue weighted by molar-refractivity contribution is 0.0693. The maximum atomic E-state index is 15.1. The fourth-order valence-electron chi connectivity index (χ4n) is 6.03. The molecule has 0 atom stereocenters. The predicted octanol–water partition coefficient (Wildman–Crippen LogP) is 8.96. The van der Waals surface area contributed by atoms with Crippen LogP contribution in [0.4, 0.5) is 18.9 Å². The number of aromatic nitrogens is 1. The van der Waals surface area contributed by atoms with Crippen LogP contribution in [0.3, 0.4) is 0 Å². The summed E-state index contributed by atoms with van der Waals surface area (Å²) in [6, 6.07) is 24.6. The Morgan fingerprint density at radius 3 is 2.25 bits per heavy atom. The number of carboxylic acids is 1. The minimum absolute atomic E-state index is 0.0105. The number of nitrogens with zero attached hydrogens (tertiary/aromatic N) is 4. The number of hydrogen-bond acceptors (Lipinski definition) is 6. The van der Waals surface area contributed by atoms with E-state index in [-0.39, 0.29) is 71.9 Å². The zero-order chi connectivity index (χ0) is 36.6. The van der Waals surface area contributed by atoms with Gasteiger partial charge in [-0.25, -0.2) is 35.2 Å². The first-order chi connectivity index (χ1) is 24.5. The Bertz CT molecular complexity index is 2620. The van der Waals surface area contributed by atoms with Gasteiger partial charge in [-0.2, -0.15) is 10.5 Å². The highest BCUT2D eigenvalue weighted by Gasteiger charge is 2.31. The standard InChI is InChI=1S/C38H21F3N4O5S/c1-44-31-8-4-7-24(19-42)33(31)34-29-18-25(39)11-16-32(29)45(51(48,49)26-12-9-21(10-13-26)37(40)41)35(34)23-6-3-5-22(17-23)27-14-15-28(38(46)47)36(50-2)30(27)20-43/h3-18,37H,2H3,(H,46,47). The van der Waals surface area contributed by atoms with Crippen LogP contribution in [0.25, 0.3) is 49.3 Å². The van der Waals surface area contributed by atoms with Gasteiger partial charge in [-0.1, -0.05) is 48.5 Å². The van der Waals surface area contributed by atoms with Crippen molar-refractivity contribution < 1.29 is 36.2 Å². The van der Waals surface area contributed by atoms with Crippen LogP contribution in [0, 0.1) is 35.1 Å². The molecule has 51 heavy (non-hydrogen) atoms. The van der Waals surface area contributed by atoms with Gasteiger partial charge in [-0.05, 0) is 54.1 Å². The van der Waals surface area contributed by atoms with Crippen LogP contribution < -0.4 is 4.74 Å². The summed E-state index contributed by atoms with van der Waals surface area (Å²) in [4.78, 5) is 15.1. The van der Waals surface area contributed by atoms with Crippen molar-refractivity contribution in [3.8, 4) is 51.4 Å². The topological polar surface area (TPSA) is 138 Å². The first kappa shape index (κ1) is 34.0. The summed E-state index contributed by atoms with van der Waals surface area (Å²) in [6.45, 7) is 7.90. The van der Waals surface area contributed by atoms with Gasteiger partial charge in [0, 0.05) is 38.8 Å². The third kappa shape index (κ3) is 5.70. The van der Waals surface area contributed by atoms with E-state index < -0.39 is 33.8 Å². The maximum Gasteiger partial charge on any atom is 0.339 e. The second-order valence-electron chi connectivity index (χ2n) is 11.0. The number of carboxylic acid groups (broad SMARTS) is 1. The summed E-state index contributed by atoms with van der Waals surface area (Å²) < 4.78 is 77.4. The van der Waals surface area contributed by atoms with Crippen molar-refractivity contribution in [2.24, 2.45) is 0 Å². The van der Waals surface area contributed by atoms with Crippen LogP contribution in [0.5, 0.6) is 5.75 Å². The van der Waals surface area contributed by atoms with Gasteiger partial charge in [0.25, 0.3) is 16.4 Å². The molecule has 0 radical (unpaired) electrons. The van der Waals surface area contributed by atoms with E-state index in [0.717, 1.165) is 40.4 Å². The van der Waals surface area contributed by atoms with E-state index in [1.165, 1.54) is 55.6 Å². The number of halogens is 3. The van der Waals surface area contributed by atoms with E-state index in [2.05, 4.69) is 4.85 Å². The number of benzene rings is 5. The smallest absolute Gasteiger partial charge is 0.339 e. The number of nitriles is 2. The number of ether oxygens (including phenoxy) is 1. The Balaban J connectivity index is 1.78. The molecule has 1 heterocycles. The van der Waals surface area contributed by atoms with Crippen LogP contribution in [0.15, 0.2) is 102 Å². The van der Waals surface area contributed by atoms with Gasteiger partial charge in [0.2, 0.25) is 0 Å². The number of methoxy groups -OCH3 is 1. The predicted molar refractivity (Wildman–Crippen MR) is 181 cm³/mol. The lowest BCUT2D eigenvalue weighted by Crippen LogP contribution is -2.14. The lowest BCUT2D eigenvalue weighted by atomic mass is 9.91. The van der Waals surface area contributed by atoms with Crippen LogP contribution in [-0.4, -0.2) is 30.6 Å². The lowest BCUT2D eigenvalue weighted by Gasteiger charge is -2.17. The Morgan fingerprint density at radius 1 is 0.922 bits per heavy atom. The number of alkyl halides is 2. The maximum absolute atomic E-state index is 15.1.